The number of likely N-dealkylation sites (tertiary alicyclic amines) is 1. The Morgan fingerprint density at radius 3 is 2.30 bits per heavy atom. The third-order valence-corrected chi connectivity index (χ3v) is 6.08. The van der Waals surface area contributed by atoms with Crippen molar-refractivity contribution in [3.63, 3.8) is 0 Å². The molecule has 1 aromatic carbocycles. The van der Waals surface area contributed by atoms with Crippen molar-refractivity contribution in [1.29, 1.82) is 0 Å². The van der Waals surface area contributed by atoms with Crippen LogP contribution < -0.4 is 0 Å². The lowest BCUT2D eigenvalue weighted by Gasteiger charge is -2.43. The molecule has 3 rings (SSSR count). The highest BCUT2D eigenvalue weighted by Gasteiger charge is 2.45. The minimum atomic E-state index is -4.91. The van der Waals surface area contributed by atoms with E-state index in [1.54, 1.807) is 23.1 Å². The van der Waals surface area contributed by atoms with E-state index in [9.17, 15) is 22.8 Å². The average molecular weight is 489 g/mol. The third kappa shape index (κ3) is 6.15. The monoisotopic (exact) mass is 487 g/mol. The van der Waals surface area contributed by atoms with Crippen molar-refractivity contribution in [2.75, 3.05) is 39.3 Å². The van der Waals surface area contributed by atoms with Crippen LogP contribution in [0.25, 0.3) is 0 Å². The van der Waals surface area contributed by atoms with Crippen LogP contribution in [0.15, 0.2) is 18.2 Å². The highest BCUT2D eigenvalue weighted by Crippen LogP contribution is 2.25. The van der Waals surface area contributed by atoms with Crippen LogP contribution in [0, 0.1) is 0 Å². The van der Waals surface area contributed by atoms with E-state index in [4.69, 9.17) is 23.2 Å². The molecule has 2 amide bonds. The first-order chi connectivity index (χ1) is 13.6. The van der Waals surface area contributed by atoms with Gasteiger partial charge in [0.1, 0.15) is 0 Å². The average Bonchev–Trinajstić information content (AvgIpc) is 3.16. The minimum Gasteiger partial charge on any atom is -0.335 e. The molecule has 0 aromatic heterocycles. The molecule has 1 atom stereocenters. The second-order valence-corrected chi connectivity index (χ2v) is 8.24. The second kappa shape index (κ2) is 10.4. The van der Waals surface area contributed by atoms with Crippen LogP contribution in [0.2, 0.25) is 10.0 Å². The first kappa shape index (κ1) is 25.0. The standard InChI is InChI=1S/C19H22Cl2F3N3O2.ClH/c20-15-4-3-13(9-16(15)21)10-17(28)27-8-7-26(18(29)19(22,23)24)12-14(27)11-25-5-1-2-6-25;/h3-4,9,14H,1-2,5-8,10-12H2;1H/t14-;/m1./s1. The Morgan fingerprint density at radius 1 is 1.03 bits per heavy atom. The van der Waals surface area contributed by atoms with Crippen molar-refractivity contribution in [1.82, 2.24) is 14.7 Å². The van der Waals surface area contributed by atoms with E-state index < -0.39 is 18.1 Å². The highest BCUT2D eigenvalue weighted by atomic mass is 35.5. The third-order valence-electron chi connectivity index (χ3n) is 5.34. The van der Waals surface area contributed by atoms with Crippen LogP contribution in [0.1, 0.15) is 18.4 Å². The number of halogens is 6. The Hall–Kier alpha value is -1.22. The fraction of sp³-hybridized carbons (Fsp3) is 0.579. The van der Waals surface area contributed by atoms with Crippen LogP contribution >= 0.6 is 35.6 Å². The van der Waals surface area contributed by atoms with E-state index in [-0.39, 0.29) is 44.4 Å². The van der Waals surface area contributed by atoms with Gasteiger partial charge in [-0.3, -0.25) is 9.59 Å². The summed E-state index contributed by atoms with van der Waals surface area (Å²) in [4.78, 5) is 29.2. The molecule has 0 bridgehead atoms. The van der Waals surface area contributed by atoms with E-state index in [1.807, 2.05) is 0 Å². The van der Waals surface area contributed by atoms with E-state index in [0.717, 1.165) is 30.8 Å². The molecule has 0 radical (unpaired) electrons. The Balaban J connectivity index is 0.00000320. The first-order valence-corrected chi connectivity index (χ1v) is 10.2. The van der Waals surface area contributed by atoms with E-state index in [2.05, 4.69) is 4.90 Å². The van der Waals surface area contributed by atoms with Gasteiger partial charge in [-0.15, -0.1) is 12.4 Å². The normalized spacial score (nSPS) is 20.2. The van der Waals surface area contributed by atoms with Crippen LogP contribution in [0.5, 0.6) is 0 Å². The maximum Gasteiger partial charge on any atom is 0.471 e. The first-order valence-electron chi connectivity index (χ1n) is 9.47. The molecular weight excluding hydrogens is 466 g/mol. The summed E-state index contributed by atoms with van der Waals surface area (Å²) in [6, 6.07) is 4.43. The molecule has 11 heteroatoms. The second-order valence-electron chi connectivity index (χ2n) is 7.42. The molecule has 2 saturated heterocycles. The van der Waals surface area contributed by atoms with Gasteiger partial charge < -0.3 is 14.7 Å². The molecule has 0 spiro atoms. The fourth-order valence-electron chi connectivity index (χ4n) is 3.89. The molecule has 2 fully saturated rings. The van der Waals surface area contributed by atoms with Gasteiger partial charge in [0.15, 0.2) is 0 Å². The van der Waals surface area contributed by atoms with Crippen molar-refractivity contribution in [2.45, 2.75) is 31.5 Å². The predicted molar refractivity (Wildman–Crippen MR) is 111 cm³/mol. The maximum absolute atomic E-state index is 12.9. The minimum absolute atomic E-state index is 0. The van der Waals surface area contributed by atoms with Gasteiger partial charge in [-0.05, 0) is 43.6 Å². The zero-order valence-electron chi connectivity index (χ0n) is 16.1. The zero-order valence-corrected chi connectivity index (χ0v) is 18.5. The van der Waals surface area contributed by atoms with Gasteiger partial charge in [-0.1, -0.05) is 29.3 Å². The summed E-state index contributed by atoms with van der Waals surface area (Å²) in [7, 11) is 0. The Morgan fingerprint density at radius 2 is 1.70 bits per heavy atom. The van der Waals surface area contributed by atoms with Gasteiger partial charge in [-0.2, -0.15) is 13.2 Å². The number of carbonyl (C=O) groups is 2. The van der Waals surface area contributed by atoms with Gasteiger partial charge in [0.05, 0.1) is 22.5 Å². The molecule has 0 unspecified atom stereocenters. The smallest absolute Gasteiger partial charge is 0.335 e. The lowest BCUT2D eigenvalue weighted by atomic mass is 10.1. The molecule has 5 nitrogen and oxygen atoms in total. The molecule has 1 aromatic rings. The molecule has 168 valence electrons. The fourth-order valence-corrected chi connectivity index (χ4v) is 4.21. The Labute approximate surface area is 189 Å². The summed E-state index contributed by atoms with van der Waals surface area (Å²) in [6.45, 7) is 1.95. The lowest BCUT2D eigenvalue weighted by molar-refractivity contribution is -0.188. The number of alkyl halides is 3. The number of rotatable bonds is 4. The van der Waals surface area contributed by atoms with Crippen molar-refractivity contribution in [3.05, 3.63) is 33.8 Å². The van der Waals surface area contributed by atoms with Crippen molar-refractivity contribution >= 4 is 47.4 Å². The SMILES string of the molecule is Cl.O=C(Cc1ccc(Cl)c(Cl)c1)N1CCN(C(=O)C(F)(F)F)C[C@H]1CN1CCCC1. The summed E-state index contributed by atoms with van der Waals surface area (Å²) in [6.07, 6.45) is -2.80. The van der Waals surface area contributed by atoms with Gasteiger partial charge in [-0.25, -0.2) is 0 Å². The Bertz CT molecular complexity index is 773. The van der Waals surface area contributed by atoms with E-state index in [1.165, 1.54) is 0 Å². The van der Waals surface area contributed by atoms with Crippen molar-refractivity contribution < 1.29 is 22.8 Å². The molecule has 2 aliphatic heterocycles. The lowest BCUT2D eigenvalue weighted by Crippen LogP contribution is -2.61. The van der Waals surface area contributed by atoms with E-state index >= 15 is 0 Å². The summed E-state index contributed by atoms with van der Waals surface area (Å²) in [5.74, 6) is -2.05. The number of carbonyl (C=O) groups excluding carboxylic acids is 2. The molecule has 0 saturated carbocycles. The van der Waals surface area contributed by atoms with Gasteiger partial charge in [0.2, 0.25) is 5.91 Å². The quantitative estimate of drug-likeness (QED) is 0.650. The molecule has 30 heavy (non-hydrogen) atoms. The Kier molecular flexibility index (Phi) is 8.68. The summed E-state index contributed by atoms with van der Waals surface area (Å²) in [5, 5.41) is 0.722. The topological polar surface area (TPSA) is 43.9 Å². The van der Waals surface area contributed by atoms with Gasteiger partial charge in [0, 0.05) is 26.2 Å². The van der Waals surface area contributed by atoms with E-state index in [0.29, 0.717) is 22.2 Å². The molecular formula is C19H23Cl3F3N3O2. The largest absolute Gasteiger partial charge is 0.471 e. The molecule has 2 aliphatic rings. The van der Waals surface area contributed by atoms with Crippen LogP contribution in [0.4, 0.5) is 13.2 Å². The molecule has 0 aliphatic carbocycles. The summed E-state index contributed by atoms with van der Waals surface area (Å²) in [5.41, 5.74) is 0.679. The van der Waals surface area contributed by atoms with Crippen LogP contribution in [-0.2, 0) is 16.0 Å². The molecule has 0 N–H and O–H groups in total. The summed E-state index contributed by atoms with van der Waals surface area (Å²) < 4.78 is 38.6. The van der Waals surface area contributed by atoms with Crippen LogP contribution in [-0.4, -0.2) is 78.0 Å². The zero-order chi connectivity index (χ0) is 21.2. The van der Waals surface area contributed by atoms with Gasteiger partial charge >= 0.3 is 12.1 Å². The number of benzene rings is 1. The van der Waals surface area contributed by atoms with Crippen molar-refractivity contribution in [3.8, 4) is 0 Å². The number of amides is 2. The number of nitrogens with zero attached hydrogens (tertiary/aromatic N) is 3. The van der Waals surface area contributed by atoms with Gasteiger partial charge in [0.25, 0.3) is 0 Å². The number of hydrogen-bond donors (Lipinski definition) is 0. The number of piperazine rings is 1. The maximum atomic E-state index is 12.9. The highest BCUT2D eigenvalue weighted by molar-refractivity contribution is 6.42. The van der Waals surface area contributed by atoms with Crippen LogP contribution in [0.3, 0.4) is 0 Å². The molecule has 2 heterocycles. The summed E-state index contributed by atoms with van der Waals surface area (Å²) >= 11 is 11.9. The van der Waals surface area contributed by atoms with Crippen molar-refractivity contribution in [2.24, 2.45) is 0 Å². The predicted octanol–water partition coefficient (Wildman–Crippen LogP) is 3.66. The number of hydrogen-bond acceptors (Lipinski definition) is 3.